The average Bonchev–Trinajstić information content (AvgIpc) is 3.16. The van der Waals surface area contributed by atoms with Crippen LogP contribution in [-0.4, -0.2) is 28.1 Å². The smallest absolute Gasteiger partial charge is 0.273 e. The molecule has 4 rings (SSSR count). The van der Waals surface area contributed by atoms with E-state index in [1.165, 1.54) is 0 Å². The van der Waals surface area contributed by atoms with Gasteiger partial charge in [0.1, 0.15) is 0 Å². The summed E-state index contributed by atoms with van der Waals surface area (Å²) in [6, 6.07) is 13.7. The van der Waals surface area contributed by atoms with Gasteiger partial charge in [-0.15, -0.1) is 0 Å². The Kier molecular flexibility index (Phi) is 4.99. The van der Waals surface area contributed by atoms with Crippen LogP contribution in [0.25, 0.3) is 10.8 Å². The standard InChI is InChI=1S/C21H20N4O4/c26-18(22-16-8-3-4-9-17(16)24-12-5-10-19(24)27)11-13-25-21(29)15-7-2-1-6-14(15)20(28)23-25/h1-4,6-9H,5,10-13H2,(H,22,26)(H,23,28). The number of carbonyl (C=O) groups excluding carboxylic acids is 2. The second kappa shape index (κ2) is 7.75. The maximum absolute atomic E-state index is 12.5. The number of hydrogen-bond acceptors (Lipinski definition) is 4. The minimum Gasteiger partial charge on any atom is -0.324 e. The number of aryl methyl sites for hydroxylation is 1. The molecule has 1 aliphatic rings. The quantitative estimate of drug-likeness (QED) is 0.691. The number of hydrogen-bond donors (Lipinski definition) is 2. The zero-order chi connectivity index (χ0) is 20.4. The maximum atomic E-state index is 12.5. The van der Waals surface area contributed by atoms with Gasteiger partial charge in [0.15, 0.2) is 0 Å². The fraction of sp³-hybridized carbons (Fsp3) is 0.238. The van der Waals surface area contributed by atoms with Crippen LogP contribution < -0.4 is 21.3 Å². The highest BCUT2D eigenvalue weighted by atomic mass is 16.2. The molecule has 2 heterocycles. The molecule has 1 fully saturated rings. The summed E-state index contributed by atoms with van der Waals surface area (Å²) in [5, 5.41) is 5.96. The van der Waals surface area contributed by atoms with Crippen LogP contribution in [0.3, 0.4) is 0 Å². The number of carbonyl (C=O) groups is 2. The predicted molar refractivity (Wildman–Crippen MR) is 110 cm³/mol. The summed E-state index contributed by atoms with van der Waals surface area (Å²) in [6.07, 6.45) is 1.29. The number of para-hydroxylation sites is 2. The molecule has 2 aromatic carbocycles. The van der Waals surface area contributed by atoms with Gasteiger partial charge in [0.25, 0.3) is 11.1 Å². The second-order valence-corrected chi connectivity index (χ2v) is 6.91. The van der Waals surface area contributed by atoms with Gasteiger partial charge >= 0.3 is 0 Å². The second-order valence-electron chi connectivity index (χ2n) is 6.91. The third-order valence-electron chi connectivity index (χ3n) is 4.99. The van der Waals surface area contributed by atoms with Crippen molar-refractivity contribution in [2.24, 2.45) is 0 Å². The summed E-state index contributed by atoms with van der Waals surface area (Å²) in [4.78, 5) is 50.9. The van der Waals surface area contributed by atoms with Crippen LogP contribution in [0, 0.1) is 0 Å². The first-order valence-corrected chi connectivity index (χ1v) is 9.46. The molecule has 0 aliphatic carbocycles. The summed E-state index contributed by atoms with van der Waals surface area (Å²) < 4.78 is 1.15. The lowest BCUT2D eigenvalue weighted by molar-refractivity contribution is -0.117. The molecule has 1 saturated heterocycles. The van der Waals surface area contributed by atoms with Gasteiger partial charge in [-0.1, -0.05) is 24.3 Å². The molecule has 0 atom stereocenters. The molecular weight excluding hydrogens is 372 g/mol. The predicted octanol–water partition coefficient (Wildman–Crippen LogP) is 1.85. The number of H-pyrrole nitrogens is 1. The Balaban J connectivity index is 1.50. The number of anilines is 2. The largest absolute Gasteiger partial charge is 0.324 e. The van der Waals surface area contributed by atoms with Crippen LogP contribution in [0.5, 0.6) is 0 Å². The van der Waals surface area contributed by atoms with Gasteiger partial charge < -0.3 is 10.2 Å². The number of benzene rings is 2. The van der Waals surface area contributed by atoms with Crippen molar-refractivity contribution in [1.82, 2.24) is 9.78 Å². The first kappa shape index (κ1) is 18.7. The third-order valence-corrected chi connectivity index (χ3v) is 4.99. The molecule has 8 nitrogen and oxygen atoms in total. The fourth-order valence-corrected chi connectivity index (χ4v) is 3.55. The SMILES string of the molecule is O=C(CCn1[nH]c(=O)c2ccccc2c1=O)Nc1ccccc1N1CCCC1=O. The van der Waals surface area contributed by atoms with Gasteiger partial charge in [-0.25, -0.2) is 4.68 Å². The summed E-state index contributed by atoms with van der Waals surface area (Å²) in [7, 11) is 0. The van der Waals surface area contributed by atoms with Crippen molar-refractivity contribution in [2.45, 2.75) is 25.8 Å². The molecule has 0 unspecified atom stereocenters. The topological polar surface area (TPSA) is 104 Å². The summed E-state index contributed by atoms with van der Waals surface area (Å²) in [6.45, 7) is 0.662. The monoisotopic (exact) mass is 392 g/mol. The molecule has 2 N–H and O–H groups in total. The van der Waals surface area contributed by atoms with Crippen LogP contribution in [0.15, 0.2) is 58.1 Å². The lowest BCUT2D eigenvalue weighted by atomic mass is 10.2. The van der Waals surface area contributed by atoms with Crippen LogP contribution in [0.1, 0.15) is 19.3 Å². The molecule has 1 aliphatic heterocycles. The lowest BCUT2D eigenvalue weighted by Gasteiger charge is -2.20. The Morgan fingerprint density at radius 3 is 2.48 bits per heavy atom. The number of nitrogens with zero attached hydrogens (tertiary/aromatic N) is 2. The molecule has 0 bridgehead atoms. The van der Waals surface area contributed by atoms with E-state index in [0.29, 0.717) is 35.1 Å². The Labute approximate surface area is 165 Å². The van der Waals surface area contributed by atoms with Gasteiger partial charge in [0.2, 0.25) is 11.8 Å². The number of fused-ring (bicyclic) bond motifs is 1. The van der Waals surface area contributed by atoms with Gasteiger partial charge in [-0.2, -0.15) is 0 Å². The molecule has 148 valence electrons. The summed E-state index contributed by atoms with van der Waals surface area (Å²) in [5.41, 5.74) is 0.487. The van der Waals surface area contributed by atoms with E-state index in [-0.39, 0.29) is 35.9 Å². The van der Waals surface area contributed by atoms with Gasteiger partial charge in [0, 0.05) is 19.4 Å². The Hall–Kier alpha value is -3.68. The van der Waals surface area contributed by atoms with Crippen molar-refractivity contribution in [3.05, 3.63) is 69.2 Å². The summed E-state index contributed by atoms with van der Waals surface area (Å²) in [5.74, 6) is -0.281. The Morgan fingerprint density at radius 2 is 1.72 bits per heavy atom. The zero-order valence-corrected chi connectivity index (χ0v) is 15.7. The van der Waals surface area contributed by atoms with Gasteiger partial charge in [-0.05, 0) is 30.7 Å². The van der Waals surface area contributed by atoms with E-state index >= 15 is 0 Å². The number of rotatable bonds is 5. The Bertz CT molecular complexity index is 1210. The minimum absolute atomic E-state index is 0.00350. The molecule has 29 heavy (non-hydrogen) atoms. The molecule has 0 radical (unpaired) electrons. The highest BCUT2D eigenvalue weighted by Crippen LogP contribution is 2.29. The molecule has 8 heteroatoms. The van der Waals surface area contributed by atoms with Crippen molar-refractivity contribution in [2.75, 3.05) is 16.8 Å². The molecule has 0 spiro atoms. The highest BCUT2D eigenvalue weighted by molar-refractivity contribution is 6.02. The van der Waals surface area contributed by atoms with Crippen molar-refractivity contribution in [3.63, 3.8) is 0 Å². The lowest BCUT2D eigenvalue weighted by Crippen LogP contribution is -2.31. The van der Waals surface area contributed by atoms with E-state index in [1.807, 2.05) is 6.07 Å². The van der Waals surface area contributed by atoms with Crippen LogP contribution in [0.2, 0.25) is 0 Å². The molecule has 2 amide bonds. The van der Waals surface area contributed by atoms with Gasteiger partial charge in [0.05, 0.1) is 28.7 Å². The van der Waals surface area contributed by atoms with Gasteiger partial charge in [-0.3, -0.25) is 24.3 Å². The number of amides is 2. The van der Waals surface area contributed by atoms with Crippen molar-refractivity contribution < 1.29 is 9.59 Å². The van der Waals surface area contributed by atoms with E-state index in [4.69, 9.17) is 0 Å². The van der Waals surface area contributed by atoms with Crippen LogP contribution in [0.4, 0.5) is 11.4 Å². The van der Waals surface area contributed by atoms with E-state index < -0.39 is 0 Å². The zero-order valence-electron chi connectivity index (χ0n) is 15.7. The van der Waals surface area contributed by atoms with Crippen LogP contribution >= 0.6 is 0 Å². The van der Waals surface area contributed by atoms with Crippen molar-refractivity contribution in [1.29, 1.82) is 0 Å². The minimum atomic E-state index is -0.376. The van der Waals surface area contributed by atoms with E-state index in [1.54, 1.807) is 47.4 Å². The average molecular weight is 392 g/mol. The van der Waals surface area contributed by atoms with E-state index in [0.717, 1.165) is 11.1 Å². The Morgan fingerprint density at radius 1 is 1.00 bits per heavy atom. The summed E-state index contributed by atoms with van der Waals surface area (Å²) >= 11 is 0. The first-order chi connectivity index (χ1) is 14.0. The maximum Gasteiger partial charge on any atom is 0.273 e. The van der Waals surface area contributed by atoms with Crippen LogP contribution in [-0.2, 0) is 16.1 Å². The third kappa shape index (κ3) is 3.69. The molecule has 3 aromatic rings. The van der Waals surface area contributed by atoms with Crippen molar-refractivity contribution in [3.8, 4) is 0 Å². The number of aromatic nitrogens is 2. The highest BCUT2D eigenvalue weighted by Gasteiger charge is 2.24. The van der Waals surface area contributed by atoms with E-state index in [2.05, 4.69) is 10.4 Å². The first-order valence-electron chi connectivity index (χ1n) is 9.46. The normalized spacial score (nSPS) is 13.8. The number of aromatic amines is 1. The van der Waals surface area contributed by atoms with Crippen molar-refractivity contribution >= 4 is 34.0 Å². The molecule has 0 saturated carbocycles. The molecule has 1 aromatic heterocycles. The molecular formula is C21H20N4O4. The van der Waals surface area contributed by atoms with E-state index in [9.17, 15) is 19.2 Å². The fourth-order valence-electron chi connectivity index (χ4n) is 3.55. The number of nitrogens with one attached hydrogen (secondary N) is 2.